The topological polar surface area (TPSA) is 0 Å². The number of hydrogen-bond donors (Lipinski definition) is 0. The van der Waals surface area contributed by atoms with E-state index >= 15 is 0 Å². The molecule has 0 nitrogen and oxygen atoms in total. The van der Waals surface area contributed by atoms with E-state index in [0.717, 1.165) is 12.1 Å². The summed E-state index contributed by atoms with van der Waals surface area (Å²) in [5.74, 6) is -0.724. The van der Waals surface area contributed by atoms with E-state index in [0.29, 0.717) is 24.0 Å². The summed E-state index contributed by atoms with van der Waals surface area (Å²) < 4.78 is 26.1. The van der Waals surface area contributed by atoms with Crippen LogP contribution in [0.15, 0.2) is 12.1 Å². The normalized spacial score (nSPS) is 21.1. The second kappa shape index (κ2) is 2.70. The molecule has 0 heterocycles. The summed E-state index contributed by atoms with van der Waals surface area (Å²) >= 11 is 5.81. The Hall–Kier alpha value is -0.630. The van der Waals surface area contributed by atoms with Crippen molar-refractivity contribution in [2.24, 2.45) is 0 Å². The molecule has 0 aromatic heterocycles. The van der Waals surface area contributed by atoms with Crippen LogP contribution in [0.25, 0.3) is 0 Å². The number of benzene rings is 1. The van der Waals surface area contributed by atoms with Gasteiger partial charge in [-0.3, -0.25) is 0 Å². The van der Waals surface area contributed by atoms with Crippen LogP contribution in [0.5, 0.6) is 0 Å². The van der Waals surface area contributed by atoms with E-state index in [1.54, 1.807) is 0 Å². The van der Waals surface area contributed by atoms with Gasteiger partial charge in [0.15, 0.2) is 0 Å². The third kappa shape index (κ3) is 1.02. The highest BCUT2D eigenvalue weighted by Crippen LogP contribution is 2.38. The van der Waals surface area contributed by atoms with E-state index in [2.05, 4.69) is 0 Å². The van der Waals surface area contributed by atoms with Gasteiger partial charge in [-0.2, -0.15) is 0 Å². The predicted octanol–water partition coefficient (Wildman–Crippen LogP) is 3.19. The van der Waals surface area contributed by atoms with Gasteiger partial charge in [0.05, 0.1) is 5.38 Å². The lowest BCUT2D eigenvalue weighted by Gasteiger charge is -2.04. The molecule has 0 saturated carbocycles. The number of alkyl halides is 1. The third-order valence-electron chi connectivity index (χ3n) is 2.21. The lowest BCUT2D eigenvalue weighted by Crippen LogP contribution is -1.93. The molecule has 0 N–H and O–H groups in total. The monoisotopic (exact) mass is 188 g/mol. The van der Waals surface area contributed by atoms with Gasteiger partial charge in [0, 0.05) is 5.56 Å². The summed E-state index contributed by atoms with van der Waals surface area (Å²) in [7, 11) is 0. The third-order valence-corrected chi connectivity index (χ3v) is 2.64. The molecular weight excluding hydrogens is 182 g/mol. The highest BCUT2D eigenvalue weighted by molar-refractivity contribution is 6.21. The molecule has 1 atom stereocenters. The molecule has 1 unspecified atom stereocenters. The molecule has 0 saturated heterocycles. The molecule has 2 rings (SSSR count). The van der Waals surface area contributed by atoms with Crippen molar-refractivity contribution in [3.8, 4) is 0 Å². The van der Waals surface area contributed by atoms with Crippen LogP contribution in [-0.4, -0.2) is 0 Å². The Morgan fingerprint density at radius 3 is 2.58 bits per heavy atom. The average molecular weight is 189 g/mol. The standard InChI is InChI=1S/C9H7ClF2/c10-6-2-1-5-7(11)3-4-8(12)9(5)6/h3-4,6H,1-2H2. The first-order valence-corrected chi connectivity index (χ1v) is 4.24. The molecule has 12 heavy (non-hydrogen) atoms. The zero-order valence-electron chi connectivity index (χ0n) is 6.28. The zero-order valence-corrected chi connectivity index (χ0v) is 7.04. The maximum atomic E-state index is 13.1. The lowest BCUT2D eigenvalue weighted by molar-refractivity contribution is 0.584. The minimum absolute atomic E-state index is 0.338. The Balaban J connectivity index is 2.64. The summed E-state index contributed by atoms with van der Waals surface area (Å²) in [5.41, 5.74) is 0.812. The van der Waals surface area contributed by atoms with Gasteiger partial charge in [0.2, 0.25) is 0 Å². The quantitative estimate of drug-likeness (QED) is 0.549. The van der Waals surface area contributed by atoms with Gasteiger partial charge in [-0.1, -0.05) is 0 Å². The molecule has 0 radical (unpaired) electrons. The minimum Gasteiger partial charge on any atom is -0.207 e. The number of fused-ring (bicyclic) bond motifs is 1. The van der Waals surface area contributed by atoms with Crippen molar-refractivity contribution in [3.63, 3.8) is 0 Å². The highest BCUT2D eigenvalue weighted by Gasteiger charge is 2.26. The number of hydrogen-bond acceptors (Lipinski definition) is 0. The first kappa shape index (κ1) is 7.99. The van der Waals surface area contributed by atoms with Crippen LogP contribution in [0.3, 0.4) is 0 Å². The van der Waals surface area contributed by atoms with Crippen LogP contribution in [0.4, 0.5) is 8.78 Å². The molecule has 0 aliphatic heterocycles. The molecule has 1 aliphatic carbocycles. The van der Waals surface area contributed by atoms with Crippen LogP contribution < -0.4 is 0 Å². The molecule has 0 bridgehead atoms. The van der Waals surface area contributed by atoms with Crippen LogP contribution in [-0.2, 0) is 6.42 Å². The van der Waals surface area contributed by atoms with E-state index in [-0.39, 0.29) is 17.0 Å². The Morgan fingerprint density at radius 1 is 1.25 bits per heavy atom. The summed E-state index contributed by atoms with van der Waals surface area (Å²) in [5, 5.41) is -0.351. The highest BCUT2D eigenvalue weighted by atomic mass is 35.5. The van der Waals surface area contributed by atoms with Crippen LogP contribution in [0, 0.1) is 11.6 Å². The lowest BCUT2D eigenvalue weighted by atomic mass is 10.1. The van der Waals surface area contributed by atoms with Crippen LogP contribution >= 0.6 is 11.6 Å². The summed E-state index contributed by atoms with van der Waals surface area (Å²) in [6.45, 7) is 0. The predicted molar refractivity (Wildman–Crippen MR) is 43.3 cm³/mol. The Labute approximate surface area is 74.2 Å². The van der Waals surface area contributed by atoms with E-state index in [4.69, 9.17) is 11.6 Å². The Morgan fingerprint density at radius 2 is 1.92 bits per heavy atom. The second-order valence-corrected chi connectivity index (χ2v) is 3.45. The van der Waals surface area contributed by atoms with Crippen molar-refractivity contribution in [3.05, 3.63) is 34.9 Å². The van der Waals surface area contributed by atoms with Gasteiger partial charge >= 0.3 is 0 Å². The fourth-order valence-corrected chi connectivity index (χ4v) is 1.96. The smallest absolute Gasteiger partial charge is 0.128 e. The van der Waals surface area contributed by atoms with Gasteiger partial charge < -0.3 is 0 Å². The zero-order chi connectivity index (χ0) is 8.72. The fraction of sp³-hybridized carbons (Fsp3) is 0.333. The van der Waals surface area contributed by atoms with Crippen LogP contribution in [0.2, 0.25) is 0 Å². The molecule has 64 valence electrons. The van der Waals surface area contributed by atoms with Gasteiger partial charge in [-0.05, 0) is 30.5 Å². The molecular formula is C9H7ClF2. The summed E-state index contributed by atoms with van der Waals surface area (Å²) in [4.78, 5) is 0. The molecule has 0 fully saturated rings. The number of halogens is 3. The van der Waals surface area contributed by atoms with Gasteiger partial charge in [-0.15, -0.1) is 11.6 Å². The molecule has 1 aliphatic rings. The fourth-order valence-electron chi connectivity index (χ4n) is 1.62. The molecule has 1 aromatic carbocycles. The van der Waals surface area contributed by atoms with E-state index < -0.39 is 0 Å². The van der Waals surface area contributed by atoms with E-state index in [1.165, 1.54) is 0 Å². The second-order valence-electron chi connectivity index (χ2n) is 2.93. The van der Waals surface area contributed by atoms with Crippen molar-refractivity contribution in [2.75, 3.05) is 0 Å². The van der Waals surface area contributed by atoms with Crippen molar-refractivity contribution in [2.45, 2.75) is 18.2 Å². The molecule has 0 amide bonds. The van der Waals surface area contributed by atoms with Gasteiger partial charge in [-0.25, -0.2) is 8.78 Å². The van der Waals surface area contributed by atoms with E-state index in [9.17, 15) is 8.78 Å². The van der Waals surface area contributed by atoms with Crippen LogP contribution in [0.1, 0.15) is 22.9 Å². The molecule has 1 aromatic rings. The van der Waals surface area contributed by atoms with Crippen molar-refractivity contribution in [1.82, 2.24) is 0 Å². The Kier molecular flexibility index (Phi) is 1.80. The van der Waals surface area contributed by atoms with E-state index in [1.807, 2.05) is 0 Å². The first-order valence-electron chi connectivity index (χ1n) is 3.81. The van der Waals surface area contributed by atoms with Gasteiger partial charge in [0.1, 0.15) is 11.6 Å². The van der Waals surface area contributed by atoms with Gasteiger partial charge in [0.25, 0.3) is 0 Å². The van der Waals surface area contributed by atoms with Crippen molar-refractivity contribution >= 4 is 11.6 Å². The van der Waals surface area contributed by atoms with Crippen molar-refractivity contribution in [1.29, 1.82) is 0 Å². The summed E-state index contributed by atoms with van der Waals surface area (Å²) in [6, 6.07) is 2.29. The molecule has 0 spiro atoms. The maximum Gasteiger partial charge on any atom is 0.128 e. The Bertz CT molecular complexity index is 323. The first-order chi connectivity index (χ1) is 5.70. The summed E-state index contributed by atoms with van der Waals surface area (Å²) in [6.07, 6.45) is 1.18. The largest absolute Gasteiger partial charge is 0.207 e. The SMILES string of the molecule is Fc1ccc(F)c2c1CCC2Cl. The number of rotatable bonds is 0. The maximum absolute atomic E-state index is 13.1. The average Bonchev–Trinajstić information content (AvgIpc) is 2.42. The minimum atomic E-state index is -0.385. The molecule has 3 heteroatoms. The van der Waals surface area contributed by atoms with Crippen molar-refractivity contribution < 1.29 is 8.78 Å².